The molecule has 1 aromatic carbocycles. The van der Waals surface area contributed by atoms with Crippen LogP contribution in [-0.4, -0.2) is 47.9 Å². The fourth-order valence-corrected chi connectivity index (χ4v) is 2.98. The largest absolute Gasteiger partial charge is 0.338 e. The van der Waals surface area contributed by atoms with Crippen molar-refractivity contribution in [1.29, 1.82) is 0 Å². The number of amides is 2. The molecule has 142 valence electrons. The fourth-order valence-electron chi connectivity index (χ4n) is 2.98. The molecule has 0 saturated heterocycles. The van der Waals surface area contributed by atoms with Gasteiger partial charge in [-0.05, 0) is 45.5 Å². The maximum absolute atomic E-state index is 12.4. The van der Waals surface area contributed by atoms with Gasteiger partial charge in [0, 0.05) is 25.3 Å². The van der Waals surface area contributed by atoms with Crippen LogP contribution < -0.4 is 10.6 Å². The Balaban J connectivity index is 1.86. The molecular weight excluding hydrogens is 326 g/mol. The second-order valence-electron chi connectivity index (χ2n) is 7.29. The third kappa shape index (κ3) is 6.19. The van der Waals surface area contributed by atoms with Gasteiger partial charge >= 0.3 is 6.03 Å². The Morgan fingerprint density at radius 3 is 2.50 bits per heavy atom. The third-order valence-corrected chi connectivity index (χ3v) is 4.25. The summed E-state index contributed by atoms with van der Waals surface area (Å²) in [6.45, 7) is 8.31. The van der Waals surface area contributed by atoms with Gasteiger partial charge in [0.15, 0.2) is 0 Å². The number of carbonyl (C=O) groups is 1. The zero-order valence-corrected chi connectivity index (χ0v) is 16.5. The molecule has 0 aliphatic rings. The summed E-state index contributed by atoms with van der Waals surface area (Å²) < 4.78 is 2.00. The summed E-state index contributed by atoms with van der Waals surface area (Å²) in [6.07, 6.45) is 0. The molecule has 0 aliphatic carbocycles. The van der Waals surface area contributed by atoms with Crippen LogP contribution >= 0.6 is 0 Å². The minimum absolute atomic E-state index is 0.0440. The molecule has 1 aromatic heterocycles. The number of rotatable bonds is 8. The number of aromatic nitrogens is 2. The van der Waals surface area contributed by atoms with Crippen molar-refractivity contribution in [3.63, 3.8) is 0 Å². The van der Waals surface area contributed by atoms with Crippen LogP contribution in [0.1, 0.15) is 29.9 Å². The lowest BCUT2D eigenvalue weighted by molar-refractivity contribution is 0.230. The van der Waals surface area contributed by atoms with Crippen LogP contribution in [0.4, 0.5) is 4.79 Å². The lowest BCUT2D eigenvalue weighted by Crippen LogP contribution is -2.43. The number of carbonyl (C=O) groups excluding carboxylic acids is 1. The molecule has 26 heavy (non-hydrogen) atoms. The van der Waals surface area contributed by atoms with Gasteiger partial charge in [0.2, 0.25) is 0 Å². The molecule has 0 fully saturated rings. The van der Waals surface area contributed by atoms with Crippen LogP contribution in [0.2, 0.25) is 0 Å². The zero-order valence-electron chi connectivity index (χ0n) is 16.5. The average Bonchev–Trinajstić information content (AvgIpc) is 2.90. The molecule has 2 unspecified atom stereocenters. The van der Waals surface area contributed by atoms with Crippen LogP contribution in [0.15, 0.2) is 36.4 Å². The smallest absolute Gasteiger partial charge is 0.315 e. The number of urea groups is 1. The van der Waals surface area contributed by atoms with Crippen molar-refractivity contribution >= 4 is 6.03 Å². The molecule has 6 heteroatoms. The van der Waals surface area contributed by atoms with Crippen molar-refractivity contribution in [2.24, 2.45) is 5.92 Å². The normalized spacial score (nSPS) is 13.5. The summed E-state index contributed by atoms with van der Waals surface area (Å²) in [5.74, 6) is 0.294. The van der Waals surface area contributed by atoms with Crippen LogP contribution in [-0.2, 0) is 6.54 Å². The van der Waals surface area contributed by atoms with E-state index in [2.05, 4.69) is 40.5 Å². The maximum atomic E-state index is 12.4. The van der Waals surface area contributed by atoms with Crippen LogP contribution in [0.3, 0.4) is 0 Å². The predicted molar refractivity (Wildman–Crippen MR) is 105 cm³/mol. The van der Waals surface area contributed by atoms with E-state index in [1.165, 1.54) is 0 Å². The van der Waals surface area contributed by atoms with Gasteiger partial charge in [-0.1, -0.05) is 37.3 Å². The fraction of sp³-hybridized carbons (Fsp3) is 0.500. The Hall–Kier alpha value is -2.34. The molecule has 0 bridgehead atoms. The monoisotopic (exact) mass is 357 g/mol. The molecule has 2 aromatic rings. The maximum Gasteiger partial charge on any atom is 0.315 e. The quantitative estimate of drug-likeness (QED) is 0.764. The number of nitrogens with zero attached hydrogens (tertiary/aromatic N) is 3. The van der Waals surface area contributed by atoms with Crippen molar-refractivity contribution in [1.82, 2.24) is 25.3 Å². The Bertz CT molecular complexity index is 695. The minimum Gasteiger partial charge on any atom is -0.338 e. The summed E-state index contributed by atoms with van der Waals surface area (Å²) in [7, 11) is 4.01. The highest BCUT2D eigenvalue weighted by atomic mass is 16.2. The first kappa shape index (κ1) is 20.0. The van der Waals surface area contributed by atoms with Gasteiger partial charge in [-0.25, -0.2) is 4.79 Å². The molecule has 0 radical (unpaired) electrons. The van der Waals surface area contributed by atoms with E-state index >= 15 is 0 Å². The predicted octanol–water partition coefficient (Wildman–Crippen LogP) is 2.74. The SMILES string of the molecule is Cc1cc(C)n(CC(C)CNC(=O)NC(CN(C)C)c2ccccc2)n1. The third-order valence-electron chi connectivity index (χ3n) is 4.25. The number of hydrogen-bond donors (Lipinski definition) is 2. The lowest BCUT2D eigenvalue weighted by atomic mass is 10.1. The first-order valence-electron chi connectivity index (χ1n) is 9.10. The molecule has 0 aliphatic heterocycles. The van der Waals surface area contributed by atoms with E-state index in [1.54, 1.807) is 0 Å². The van der Waals surface area contributed by atoms with E-state index in [9.17, 15) is 4.79 Å². The second-order valence-corrected chi connectivity index (χ2v) is 7.29. The number of nitrogens with one attached hydrogen (secondary N) is 2. The van der Waals surface area contributed by atoms with Gasteiger partial charge in [0.25, 0.3) is 0 Å². The van der Waals surface area contributed by atoms with Gasteiger partial charge in [-0.3, -0.25) is 4.68 Å². The van der Waals surface area contributed by atoms with Gasteiger partial charge in [-0.15, -0.1) is 0 Å². The van der Waals surface area contributed by atoms with E-state index in [1.807, 2.05) is 56.0 Å². The molecular formula is C20H31N5O. The molecule has 2 atom stereocenters. The van der Waals surface area contributed by atoms with Crippen molar-refractivity contribution in [3.05, 3.63) is 53.3 Å². The number of hydrogen-bond acceptors (Lipinski definition) is 3. The Labute approximate surface area is 156 Å². The van der Waals surface area contributed by atoms with Crippen LogP contribution in [0.25, 0.3) is 0 Å². The highest BCUT2D eigenvalue weighted by Gasteiger charge is 2.16. The number of benzene rings is 1. The topological polar surface area (TPSA) is 62.2 Å². The Morgan fingerprint density at radius 2 is 1.92 bits per heavy atom. The van der Waals surface area contributed by atoms with Gasteiger partial charge < -0.3 is 15.5 Å². The van der Waals surface area contributed by atoms with Crippen molar-refractivity contribution in [2.75, 3.05) is 27.2 Å². The standard InChI is InChI=1S/C20H31N5O/c1-15(13-25-17(3)11-16(2)23-25)12-21-20(26)22-19(14-24(4)5)18-9-7-6-8-10-18/h6-11,15,19H,12-14H2,1-5H3,(H2,21,22,26). The first-order valence-corrected chi connectivity index (χ1v) is 9.10. The minimum atomic E-state index is -0.138. The van der Waals surface area contributed by atoms with Crippen LogP contribution in [0, 0.1) is 19.8 Å². The summed E-state index contributed by atoms with van der Waals surface area (Å²) in [4.78, 5) is 14.4. The summed E-state index contributed by atoms with van der Waals surface area (Å²) in [5, 5.41) is 10.6. The highest BCUT2D eigenvalue weighted by molar-refractivity contribution is 5.74. The van der Waals surface area contributed by atoms with Crippen molar-refractivity contribution < 1.29 is 4.79 Å². The van der Waals surface area contributed by atoms with Crippen molar-refractivity contribution in [3.8, 4) is 0 Å². The highest BCUT2D eigenvalue weighted by Crippen LogP contribution is 2.13. The molecule has 2 amide bonds. The molecule has 2 N–H and O–H groups in total. The van der Waals surface area contributed by atoms with Gasteiger partial charge in [-0.2, -0.15) is 5.10 Å². The molecule has 2 rings (SSSR count). The number of aryl methyl sites for hydroxylation is 2. The number of likely N-dealkylation sites (N-methyl/N-ethyl adjacent to an activating group) is 1. The second kappa shape index (κ2) is 9.38. The summed E-state index contributed by atoms with van der Waals surface area (Å²) in [5.41, 5.74) is 3.27. The van der Waals surface area contributed by atoms with Crippen LogP contribution in [0.5, 0.6) is 0 Å². The first-order chi connectivity index (χ1) is 12.3. The average molecular weight is 358 g/mol. The lowest BCUT2D eigenvalue weighted by Gasteiger charge is -2.23. The van der Waals surface area contributed by atoms with E-state index in [-0.39, 0.29) is 12.1 Å². The van der Waals surface area contributed by atoms with Gasteiger partial charge in [0.1, 0.15) is 0 Å². The van der Waals surface area contributed by atoms with Crippen molar-refractivity contribution in [2.45, 2.75) is 33.4 Å². The summed E-state index contributed by atoms with van der Waals surface area (Å²) >= 11 is 0. The zero-order chi connectivity index (χ0) is 19.1. The molecule has 0 saturated carbocycles. The summed E-state index contributed by atoms with van der Waals surface area (Å²) in [6, 6.07) is 11.9. The molecule has 0 spiro atoms. The van der Waals surface area contributed by atoms with E-state index in [0.717, 1.165) is 30.0 Å². The van der Waals surface area contributed by atoms with E-state index < -0.39 is 0 Å². The van der Waals surface area contributed by atoms with E-state index in [4.69, 9.17) is 0 Å². The Morgan fingerprint density at radius 1 is 1.23 bits per heavy atom. The Kier molecular flexibility index (Phi) is 7.21. The molecule has 1 heterocycles. The molecule has 6 nitrogen and oxygen atoms in total. The van der Waals surface area contributed by atoms with Gasteiger partial charge in [0.05, 0.1) is 11.7 Å². The van der Waals surface area contributed by atoms with E-state index in [0.29, 0.717) is 12.5 Å².